The molecule has 0 saturated heterocycles. The monoisotopic (exact) mass is 286 g/mol. The van der Waals surface area contributed by atoms with Crippen LogP contribution in [0.4, 0.5) is 13.2 Å². The van der Waals surface area contributed by atoms with Gasteiger partial charge in [0.1, 0.15) is 0 Å². The van der Waals surface area contributed by atoms with Crippen molar-refractivity contribution in [2.24, 2.45) is 5.73 Å². The normalized spacial score (nSPS) is 12.8. The summed E-state index contributed by atoms with van der Waals surface area (Å²) in [6, 6.07) is 4.03. The van der Waals surface area contributed by atoms with E-state index >= 15 is 0 Å². The molecule has 1 aromatic rings. The minimum absolute atomic E-state index is 0.210. The van der Waals surface area contributed by atoms with Crippen LogP contribution in [0.5, 0.6) is 0 Å². The fraction of sp³-hybridized carbons (Fsp3) is 0.357. The highest BCUT2D eigenvalue weighted by atomic mass is 19.4. The maximum atomic E-state index is 12.4. The van der Waals surface area contributed by atoms with Crippen LogP contribution in [0.25, 0.3) is 0 Å². The Kier molecular flexibility index (Phi) is 5.33. The van der Waals surface area contributed by atoms with Crippen molar-refractivity contribution in [1.29, 1.82) is 0 Å². The minimum Gasteiger partial charge on any atom is -0.340 e. The Labute approximate surface area is 115 Å². The van der Waals surface area contributed by atoms with E-state index in [2.05, 4.69) is 6.58 Å². The highest BCUT2D eigenvalue weighted by Gasteiger charge is 2.30. The van der Waals surface area contributed by atoms with Crippen LogP contribution in [-0.2, 0) is 17.5 Å². The van der Waals surface area contributed by atoms with Gasteiger partial charge in [-0.05, 0) is 24.1 Å². The maximum absolute atomic E-state index is 12.4. The van der Waals surface area contributed by atoms with Crippen molar-refractivity contribution in [1.82, 2.24) is 4.90 Å². The molecule has 0 aliphatic carbocycles. The smallest absolute Gasteiger partial charge is 0.340 e. The second kappa shape index (κ2) is 6.56. The summed E-state index contributed by atoms with van der Waals surface area (Å²) in [7, 11) is 1.56. The number of likely N-dealkylation sites (N-methyl/N-ethyl adjacent to an activating group) is 1. The van der Waals surface area contributed by atoms with Crippen molar-refractivity contribution in [3.8, 4) is 0 Å². The molecule has 0 aliphatic rings. The van der Waals surface area contributed by atoms with Crippen molar-refractivity contribution in [3.05, 3.63) is 48.0 Å². The van der Waals surface area contributed by atoms with Crippen molar-refractivity contribution >= 4 is 5.91 Å². The third-order valence-electron chi connectivity index (χ3n) is 2.82. The molecule has 0 radical (unpaired) electrons. The van der Waals surface area contributed by atoms with Crippen LogP contribution >= 0.6 is 0 Å². The number of hydrogen-bond donors (Lipinski definition) is 1. The third-order valence-corrected chi connectivity index (χ3v) is 2.82. The van der Waals surface area contributed by atoms with Crippen LogP contribution in [0.15, 0.2) is 36.9 Å². The molecule has 0 bridgehead atoms. The van der Waals surface area contributed by atoms with E-state index in [0.29, 0.717) is 12.0 Å². The molecule has 110 valence electrons. The Balaban J connectivity index is 2.69. The summed E-state index contributed by atoms with van der Waals surface area (Å²) in [6.07, 6.45) is -2.45. The average molecular weight is 286 g/mol. The highest BCUT2D eigenvalue weighted by molar-refractivity contribution is 5.81. The van der Waals surface area contributed by atoms with E-state index in [1.165, 1.54) is 17.0 Å². The van der Waals surface area contributed by atoms with Crippen LogP contribution in [0, 0.1) is 0 Å². The summed E-state index contributed by atoms with van der Waals surface area (Å²) in [5, 5.41) is 0. The molecule has 1 atom stereocenters. The summed E-state index contributed by atoms with van der Waals surface area (Å²) in [5.74, 6) is -0.273. The van der Waals surface area contributed by atoms with Crippen molar-refractivity contribution in [2.45, 2.75) is 25.2 Å². The molecule has 6 heteroatoms. The van der Waals surface area contributed by atoms with Gasteiger partial charge in [-0.25, -0.2) is 0 Å². The zero-order valence-electron chi connectivity index (χ0n) is 11.2. The lowest BCUT2D eigenvalue weighted by molar-refractivity contribution is -0.137. The molecule has 0 aromatic heterocycles. The quantitative estimate of drug-likeness (QED) is 0.846. The Morgan fingerprint density at radius 3 is 2.40 bits per heavy atom. The first kappa shape index (κ1) is 16.2. The first-order valence-corrected chi connectivity index (χ1v) is 6.03. The van der Waals surface area contributed by atoms with E-state index in [1.807, 2.05) is 0 Å². The average Bonchev–Trinajstić information content (AvgIpc) is 2.37. The zero-order chi connectivity index (χ0) is 15.3. The van der Waals surface area contributed by atoms with Gasteiger partial charge in [-0.3, -0.25) is 4.79 Å². The molecule has 1 unspecified atom stereocenters. The molecule has 1 rings (SSSR count). The summed E-state index contributed by atoms with van der Waals surface area (Å²) < 4.78 is 37.2. The predicted molar refractivity (Wildman–Crippen MR) is 70.7 cm³/mol. The first-order valence-electron chi connectivity index (χ1n) is 6.03. The van der Waals surface area contributed by atoms with Gasteiger partial charge in [0.05, 0.1) is 11.6 Å². The van der Waals surface area contributed by atoms with Gasteiger partial charge >= 0.3 is 6.18 Å². The number of halogens is 3. The highest BCUT2D eigenvalue weighted by Crippen LogP contribution is 2.29. The second-order valence-electron chi connectivity index (χ2n) is 4.52. The molecular weight excluding hydrogens is 269 g/mol. The molecule has 1 aromatic carbocycles. The third kappa shape index (κ3) is 4.38. The first-order chi connectivity index (χ1) is 9.25. The van der Waals surface area contributed by atoms with Crippen LogP contribution in [0.1, 0.15) is 17.5 Å². The van der Waals surface area contributed by atoms with Crippen LogP contribution in [-0.4, -0.2) is 23.9 Å². The number of nitrogens with zero attached hydrogens (tertiary/aromatic N) is 1. The molecule has 1 amide bonds. The van der Waals surface area contributed by atoms with Crippen LogP contribution in [0.2, 0.25) is 0 Å². The van der Waals surface area contributed by atoms with E-state index in [4.69, 9.17) is 5.73 Å². The summed E-state index contributed by atoms with van der Waals surface area (Å²) in [5.41, 5.74) is 5.55. The summed E-state index contributed by atoms with van der Waals surface area (Å²) in [6.45, 7) is 3.71. The molecule has 20 heavy (non-hydrogen) atoms. The number of hydrogen-bond acceptors (Lipinski definition) is 2. The summed E-state index contributed by atoms with van der Waals surface area (Å²) in [4.78, 5) is 13.2. The fourth-order valence-electron chi connectivity index (χ4n) is 1.71. The van der Waals surface area contributed by atoms with Gasteiger partial charge in [0, 0.05) is 13.6 Å². The lowest BCUT2D eigenvalue weighted by Gasteiger charge is -2.21. The molecule has 0 fully saturated rings. The van der Waals surface area contributed by atoms with Crippen LogP contribution in [0.3, 0.4) is 0 Å². The number of carbonyl (C=O) groups excluding carboxylic acids is 1. The van der Waals surface area contributed by atoms with Crippen molar-refractivity contribution < 1.29 is 18.0 Å². The largest absolute Gasteiger partial charge is 0.416 e. The Hall–Kier alpha value is -1.82. The SMILES string of the molecule is C=CCC(N)C(=O)N(C)Cc1ccc(C(F)(F)F)cc1. The molecule has 0 spiro atoms. The van der Waals surface area contributed by atoms with E-state index in [9.17, 15) is 18.0 Å². The molecule has 0 heterocycles. The van der Waals surface area contributed by atoms with Crippen molar-refractivity contribution in [2.75, 3.05) is 7.05 Å². The molecule has 3 nitrogen and oxygen atoms in total. The lowest BCUT2D eigenvalue weighted by atomic mass is 10.1. The molecule has 2 N–H and O–H groups in total. The fourth-order valence-corrected chi connectivity index (χ4v) is 1.71. The number of rotatable bonds is 5. The number of benzene rings is 1. The number of carbonyl (C=O) groups is 1. The molecular formula is C14H17F3N2O. The van der Waals surface area contributed by atoms with Gasteiger partial charge in [0.25, 0.3) is 0 Å². The number of amides is 1. The standard InChI is InChI=1S/C14H17F3N2O/c1-3-4-12(18)13(20)19(2)9-10-5-7-11(8-6-10)14(15,16)17/h3,5-8,12H,1,4,9,18H2,2H3. The van der Waals surface area contributed by atoms with E-state index < -0.39 is 17.8 Å². The minimum atomic E-state index is -4.35. The van der Waals surface area contributed by atoms with Gasteiger partial charge in [-0.1, -0.05) is 18.2 Å². The van der Waals surface area contributed by atoms with Gasteiger partial charge in [-0.2, -0.15) is 13.2 Å². The Bertz CT molecular complexity index is 468. The Morgan fingerprint density at radius 1 is 1.40 bits per heavy atom. The predicted octanol–water partition coefficient (Wildman–Crippen LogP) is 2.57. The maximum Gasteiger partial charge on any atom is 0.416 e. The summed E-state index contributed by atoms with van der Waals surface area (Å²) >= 11 is 0. The number of nitrogens with two attached hydrogens (primary N) is 1. The second-order valence-corrected chi connectivity index (χ2v) is 4.52. The van der Waals surface area contributed by atoms with Gasteiger partial charge < -0.3 is 10.6 Å². The van der Waals surface area contributed by atoms with E-state index in [0.717, 1.165) is 12.1 Å². The van der Waals surface area contributed by atoms with E-state index in [-0.39, 0.29) is 12.5 Å². The van der Waals surface area contributed by atoms with Crippen molar-refractivity contribution in [3.63, 3.8) is 0 Å². The van der Waals surface area contributed by atoms with Gasteiger partial charge in [0.15, 0.2) is 0 Å². The number of alkyl halides is 3. The lowest BCUT2D eigenvalue weighted by Crippen LogP contribution is -2.41. The topological polar surface area (TPSA) is 46.3 Å². The van der Waals surface area contributed by atoms with Gasteiger partial charge in [0.2, 0.25) is 5.91 Å². The van der Waals surface area contributed by atoms with E-state index in [1.54, 1.807) is 13.1 Å². The zero-order valence-corrected chi connectivity index (χ0v) is 11.2. The molecule has 0 saturated carbocycles. The van der Waals surface area contributed by atoms with Gasteiger partial charge in [-0.15, -0.1) is 6.58 Å². The Morgan fingerprint density at radius 2 is 1.95 bits per heavy atom. The van der Waals surface area contributed by atoms with Crippen LogP contribution < -0.4 is 5.73 Å². The molecule has 0 aliphatic heterocycles.